The van der Waals surface area contributed by atoms with E-state index >= 15 is 0 Å². The summed E-state index contributed by atoms with van der Waals surface area (Å²) in [4.78, 5) is 109. The van der Waals surface area contributed by atoms with Crippen LogP contribution in [0.15, 0.2) is 70.3 Å². The number of pyridine rings is 2. The van der Waals surface area contributed by atoms with E-state index in [1.165, 1.54) is 12.8 Å². The standard InChI is InChI=1S/C34H39NO7.C31H35NO6.C7H12O4/c1-4-22(36)12-10-8-7-9-11-13-31(37)42-23-15-14-21-16-26-27(24(5-2)25(21)17-23)19-35-30(26)18-29-28(32(35)38)20-41-33(39)34(29,40)6-3;1-4-7-8-9-10-11-28(33)38-20-13-12-19-14-23-24(21(5-2)22(19)15-20)17-32-27(23)16-26-25(29(32)34)18-37-30(35)31(26,36)6-3;1-7(2,3)11-6(10)4-5(8)9/h14-18,40H,4-13,19-20H2,1-3H3;12-16,36H,4-11,17-18H2,1-3H3;4H2,1-3H3,(H,8,9)/t34-;31-;/m00./s1. The van der Waals surface area contributed by atoms with Gasteiger partial charge < -0.3 is 48.1 Å². The molecular formula is C72H86N2O17. The van der Waals surface area contributed by atoms with Crippen LogP contribution in [0.4, 0.5) is 0 Å². The summed E-state index contributed by atoms with van der Waals surface area (Å²) in [6.07, 6.45) is 13.1. The number of hydrogen-bond acceptors (Lipinski definition) is 16. The lowest BCUT2D eigenvalue weighted by atomic mass is 9.85. The van der Waals surface area contributed by atoms with Gasteiger partial charge in [0.05, 0.1) is 35.6 Å². The number of ketones is 1. The molecule has 0 spiro atoms. The van der Waals surface area contributed by atoms with Crippen molar-refractivity contribution in [2.24, 2.45) is 0 Å². The van der Waals surface area contributed by atoms with Crippen LogP contribution in [0, 0.1) is 0 Å². The average Bonchev–Trinajstić information content (AvgIpc) is 1.63. The molecule has 0 aliphatic carbocycles. The lowest BCUT2D eigenvalue weighted by Gasteiger charge is -2.31. The Kier molecular flexibility index (Phi) is 22.1. The van der Waals surface area contributed by atoms with Crippen LogP contribution in [0.2, 0.25) is 0 Å². The first-order chi connectivity index (χ1) is 43.3. The van der Waals surface area contributed by atoms with E-state index in [4.69, 9.17) is 28.8 Å². The topological polar surface area (TPSA) is 270 Å². The zero-order valence-electron chi connectivity index (χ0n) is 54.0. The van der Waals surface area contributed by atoms with Crippen molar-refractivity contribution in [3.63, 3.8) is 0 Å². The summed E-state index contributed by atoms with van der Waals surface area (Å²) in [5, 5.41) is 34.3. The molecule has 10 rings (SSSR count). The number of carbonyl (C=O) groups excluding carboxylic acids is 6. The van der Waals surface area contributed by atoms with Crippen molar-refractivity contribution in [1.82, 2.24) is 9.13 Å². The Hall–Kier alpha value is -8.29. The van der Waals surface area contributed by atoms with Gasteiger partial charge in [-0.1, -0.05) is 98.6 Å². The second kappa shape index (κ2) is 29.3. The highest BCUT2D eigenvalue weighted by Gasteiger charge is 2.47. The van der Waals surface area contributed by atoms with Crippen molar-refractivity contribution in [2.75, 3.05) is 0 Å². The molecule has 2 aromatic heterocycles. The number of carboxylic acids is 1. The van der Waals surface area contributed by atoms with Crippen LogP contribution in [-0.2, 0) is 98.1 Å². The molecule has 0 unspecified atom stereocenters. The molecule has 3 N–H and O–H groups in total. The van der Waals surface area contributed by atoms with E-state index < -0.39 is 47.1 Å². The van der Waals surface area contributed by atoms with Crippen molar-refractivity contribution in [3.05, 3.63) is 126 Å². The highest BCUT2D eigenvalue weighted by atomic mass is 16.6. The number of aliphatic carboxylic acids is 1. The summed E-state index contributed by atoms with van der Waals surface area (Å²) in [5.74, 6) is -2.47. The molecule has 4 aliphatic heterocycles. The van der Waals surface area contributed by atoms with Crippen LogP contribution >= 0.6 is 0 Å². The summed E-state index contributed by atoms with van der Waals surface area (Å²) >= 11 is 0. The van der Waals surface area contributed by atoms with E-state index in [9.17, 15) is 53.4 Å². The van der Waals surface area contributed by atoms with Gasteiger partial charge in [-0.3, -0.25) is 33.6 Å². The number of hydrogen-bond donors (Lipinski definition) is 3. The van der Waals surface area contributed by atoms with Gasteiger partial charge in [0.2, 0.25) is 0 Å². The number of unbranched alkanes of at least 4 members (excludes halogenated alkanes) is 8. The Bertz CT molecular complexity index is 3940. The van der Waals surface area contributed by atoms with Gasteiger partial charge in [-0.25, -0.2) is 9.59 Å². The fraction of sp³-hybridized carbons (Fsp3) is 0.486. The van der Waals surface area contributed by atoms with Crippen LogP contribution in [0.5, 0.6) is 11.5 Å². The summed E-state index contributed by atoms with van der Waals surface area (Å²) in [5.41, 5.74) is 3.95. The number of carboxylic acid groups (broad SMARTS) is 1. The predicted molar refractivity (Wildman–Crippen MR) is 343 cm³/mol. The normalized spacial score (nSPS) is 16.5. The third-order valence-electron chi connectivity index (χ3n) is 17.5. The molecule has 19 nitrogen and oxygen atoms in total. The van der Waals surface area contributed by atoms with E-state index in [-0.39, 0.29) is 49.1 Å². The van der Waals surface area contributed by atoms with Crippen LogP contribution in [0.3, 0.4) is 0 Å². The zero-order chi connectivity index (χ0) is 66.1. The second-order valence-electron chi connectivity index (χ2n) is 24.9. The number of nitrogens with zero attached hydrogens (tertiary/aromatic N) is 2. The molecule has 0 saturated carbocycles. The molecule has 0 saturated heterocycles. The van der Waals surface area contributed by atoms with Crippen molar-refractivity contribution >= 4 is 63.1 Å². The monoisotopic (exact) mass is 1250 g/mol. The van der Waals surface area contributed by atoms with Crippen LogP contribution in [0.25, 0.3) is 44.1 Å². The fourth-order valence-corrected chi connectivity index (χ4v) is 12.6. The first kappa shape index (κ1) is 68.6. The van der Waals surface area contributed by atoms with Gasteiger partial charge >= 0.3 is 35.8 Å². The molecule has 0 fully saturated rings. The summed E-state index contributed by atoms with van der Waals surface area (Å²) in [6.45, 7) is 17.1. The maximum Gasteiger partial charge on any atom is 0.343 e. The number of fused-ring (bicyclic) bond motifs is 10. The molecule has 4 aromatic carbocycles. The third-order valence-corrected chi connectivity index (χ3v) is 17.5. The van der Waals surface area contributed by atoms with Crippen molar-refractivity contribution < 1.29 is 72.6 Å². The van der Waals surface area contributed by atoms with Crippen molar-refractivity contribution in [3.8, 4) is 34.0 Å². The fourth-order valence-electron chi connectivity index (χ4n) is 12.6. The minimum absolute atomic E-state index is 0.106. The predicted octanol–water partition coefficient (Wildman–Crippen LogP) is 12.2. The number of aromatic nitrogens is 2. The van der Waals surface area contributed by atoms with Gasteiger partial charge in [-0.05, 0) is 158 Å². The van der Waals surface area contributed by atoms with Crippen LogP contribution in [-0.4, -0.2) is 71.7 Å². The molecule has 4 aliphatic rings. The van der Waals surface area contributed by atoms with Gasteiger partial charge in [0.25, 0.3) is 11.1 Å². The summed E-state index contributed by atoms with van der Waals surface area (Å²) < 4.78 is 29.9. The van der Waals surface area contributed by atoms with E-state index in [2.05, 4.69) is 20.8 Å². The minimum Gasteiger partial charge on any atom is -0.481 e. The molecule has 0 amide bonds. The summed E-state index contributed by atoms with van der Waals surface area (Å²) in [6, 6.07) is 18.9. The Morgan fingerprint density at radius 2 is 0.956 bits per heavy atom. The molecule has 0 radical (unpaired) electrons. The number of aryl methyl sites for hydroxylation is 2. The number of ether oxygens (including phenoxy) is 5. The van der Waals surface area contributed by atoms with E-state index in [0.29, 0.717) is 96.1 Å². The van der Waals surface area contributed by atoms with E-state index in [0.717, 1.165) is 113 Å². The highest BCUT2D eigenvalue weighted by molar-refractivity contribution is 5.97. The molecule has 486 valence electrons. The van der Waals surface area contributed by atoms with Crippen molar-refractivity contribution in [2.45, 2.75) is 227 Å². The van der Waals surface area contributed by atoms with Gasteiger partial charge in [0, 0.05) is 47.9 Å². The van der Waals surface area contributed by atoms with Crippen LogP contribution in [0.1, 0.15) is 216 Å². The number of esters is 5. The molecular weight excluding hydrogens is 1160 g/mol. The average molecular weight is 1250 g/mol. The SMILES string of the molecule is CC(C)(C)OC(=O)CC(=O)O.CCC(=O)CCCCCCCC(=O)Oc1ccc2cc3c(c(CC)c2c1)Cn1c-3cc2c(c1=O)COC(=O)[C@]2(O)CC.CCCCCCCC(=O)Oc1ccc2cc3c(c(CC)c2c1)Cn1c-3cc2c(c1=O)COC(=O)[C@]2(O)CC. The van der Waals surface area contributed by atoms with Gasteiger partial charge in [0.1, 0.15) is 42.5 Å². The Morgan fingerprint density at radius 1 is 0.538 bits per heavy atom. The first-order valence-corrected chi connectivity index (χ1v) is 32.2. The smallest absolute Gasteiger partial charge is 0.343 e. The van der Waals surface area contributed by atoms with Crippen LogP contribution < -0.4 is 20.6 Å². The third kappa shape index (κ3) is 15.1. The van der Waals surface area contributed by atoms with Gasteiger partial charge in [-0.15, -0.1) is 0 Å². The van der Waals surface area contributed by atoms with Gasteiger partial charge in [-0.2, -0.15) is 0 Å². The number of rotatable bonds is 23. The number of cyclic esters (lactones) is 2. The molecule has 6 heterocycles. The highest BCUT2D eigenvalue weighted by Crippen LogP contribution is 2.45. The minimum atomic E-state index is -1.84. The lowest BCUT2D eigenvalue weighted by Crippen LogP contribution is -2.44. The second-order valence-corrected chi connectivity index (χ2v) is 24.9. The molecule has 0 bridgehead atoms. The van der Waals surface area contributed by atoms with E-state index in [1.807, 2.05) is 49.4 Å². The molecule has 2 atom stereocenters. The molecule has 6 aromatic rings. The Labute approximate surface area is 530 Å². The molecule has 91 heavy (non-hydrogen) atoms. The largest absolute Gasteiger partial charge is 0.481 e. The Morgan fingerprint density at radius 3 is 1.34 bits per heavy atom. The van der Waals surface area contributed by atoms with Crippen molar-refractivity contribution in [1.29, 1.82) is 0 Å². The number of aliphatic hydroxyl groups is 2. The van der Waals surface area contributed by atoms with E-state index in [1.54, 1.807) is 62.0 Å². The molecule has 19 heteroatoms. The quantitative estimate of drug-likeness (QED) is 0.0177. The Balaban J connectivity index is 0.000000202. The first-order valence-electron chi connectivity index (χ1n) is 32.2. The summed E-state index contributed by atoms with van der Waals surface area (Å²) in [7, 11) is 0. The lowest BCUT2D eigenvalue weighted by molar-refractivity contribution is -0.172. The number of Topliss-reactive ketones (excluding diaryl/α,β-unsaturated/α-hetero) is 1. The van der Waals surface area contributed by atoms with Gasteiger partial charge in [0.15, 0.2) is 11.2 Å². The number of carbonyl (C=O) groups is 7. The maximum absolute atomic E-state index is 13.5. The zero-order valence-corrected chi connectivity index (χ0v) is 54.0. The maximum atomic E-state index is 13.5. The number of benzene rings is 4.